The number of nitrogens with one attached hydrogen (secondary N) is 1. The maximum atomic E-state index is 13.5. The summed E-state index contributed by atoms with van der Waals surface area (Å²) in [6.45, 7) is 8.04. The summed E-state index contributed by atoms with van der Waals surface area (Å²) in [5.74, 6) is 0.416. The van der Waals surface area contributed by atoms with Crippen LogP contribution in [0.1, 0.15) is 21.6 Å². The van der Waals surface area contributed by atoms with E-state index >= 15 is 0 Å². The van der Waals surface area contributed by atoms with Gasteiger partial charge in [0, 0.05) is 44.6 Å². The molecule has 1 aliphatic heterocycles. The van der Waals surface area contributed by atoms with Crippen LogP contribution >= 0.6 is 0 Å². The first-order chi connectivity index (χ1) is 15.9. The number of amides is 1. The van der Waals surface area contributed by atoms with Crippen molar-refractivity contribution in [3.05, 3.63) is 59.5 Å². The summed E-state index contributed by atoms with van der Waals surface area (Å²) >= 11 is 0. The quantitative estimate of drug-likeness (QED) is 0.515. The number of rotatable bonds is 4. The van der Waals surface area contributed by atoms with Crippen molar-refractivity contribution >= 4 is 28.3 Å². The summed E-state index contributed by atoms with van der Waals surface area (Å²) in [6, 6.07) is 11.6. The molecule has 8 nitrogen and oxygen atoms in total. The Balaban J connectivity index is 1.47. The molecule has 1 saturated heterocycles. The number of hydrogen-bond acceptors (Lipinski definition) is 6. The summed E-state index contributed by atoms with van der Waals surface area (Å²) in [4.78, 5) is 22.9. The van der Waals surface area contributed by atoms with Crippen LogP contribution in [0.15, 0.2) is 47.1 Å². The normalized spacial score (nSPS) is 14.7. The molecule has 0 spiro atoms. The van der Waals surface area contributed by atoms with Crippen molar-refractivity contribution in [3.8, 4) is 11.5 Å². The second-order valence-corrected chi connectivity index (χ2v) is 8.68. The van der Waals surface area contributed by atoms with Gasteiger partial charge in [0.15, 0.2) is 11.4 Å². The van der Waals surface area contributed by atoms with Crippen LogP contribution < -0.4 is 10.2 Å². The van der Waals surface area contributed by atoms with Crippen molar-refractivity contribution in [2.75, 3.05) is 43.4 Å². The zero-order chi connectivity index (χ0) is 23.1. The average molecular weight is 445 g/mol. The van der Waals surface area contributed by atoms with Gasteiger partial charge in [-0.15, -0.1) is 0 Å². The first kappa shape index (κ1) is 21.2. The zero-order valence-corrected chi connectivity index (χ0v) is 19.4. The van der Waals surface area contributed by atoms with Gasteiger partial charge < -0.3 is 19.5 Å². The van der Waals surface area contributed by atoms with Crippen LogP contribution in [-0.4, -0.2) is 58.8 Å². The standard InChI is InChI=1S/C25H28N6O2/c1-16-14-18(31-11-9-29(3)10-12-31)7-8-20(16)27-25(32)19-15-21(22-6-5-13-33-22)26-24-23(19)17(2)28-30(24)4/h5-8,13-15H,9-12H2,1-4H3,(H,27,32). The Hall–Kier alpha value is -3.65. The number of hydrogen-bond donors (Lipinski definition) is 1. The second kappa shape index (κ2) is 8.37. The lowest BCUT2D eigenvalue weighted by Crippen LogP contribution is -2.44. The highest BCUT2D eigenvalue weighted by Crippen LogP contribution is 2.29. The molecule has 0 saturated carbocycles. The molecular formula is C25H28N6O2. The number of likely N-dealkylation sites (N-methyl/N-ethyl adjacent to an activating group) is 1. The van der Waals surface area contributed by atoms with E-state index in [2.05, 4.69) is 39.4 Å². The molecule has 0 unspecified atom stereocenters. The molecule has 0 aliphatic carbocycles. The Kier molecular flexibility index (Phi) is 5.38. The maximum absolute atomic E-state index is 13.5. The SMILES string of the molecule is Cc1cc(N2CCN(C)CC2)ccc1NC(=O)c1cc(-c2ccco2)nc2c1c(C)nn2C. The van der Waals surface area contributed by atoms with E-state index in [1.165, 1.54) is 5.69 Å². The molecule has 1 N–H and O–H groups in total. The van der Waals surface area contributed by atoms with E-state index in [1.54, 1.807) is 23.1 Å². The summed E-state index contributed by atoms with van der Waals surface area (Å²) in [5.41, 5.74) is 5.55. The number of fused-ring (bicyclic) bond motifs is 1. The molecule has 8 heteroatoms. The number of pyridine rings is 1. The Morgan fingerprint density at radius 2 is 1.85 bits per heavy atom. The van der Waals surface area contributed by atoms with Gasteiger partial charge in [-0.25, -0.2) is 4.98 Å². The van der Waals surface area contributed by atoms with Crippen LogP contribution in [0.2, 0.25) is 0 Å². The number of aromatic nitrogens is 3. The van der Waals surface area contributed by atoms with Crippen molar-refractivity contribution in [2.24, 2.45) is 7.05 Å². The molecule has 0 bridgehead atoms. The molecule has 1 aromatic carbocycles. The zero-order valence-electron chi connectivity index (χ0n) is 19.4. The molecular weight excluding hydrogens is 416 g/mol. The lowest BCUT2D eigenvalue weighted by molar-refractivity contribution is 0.102. The fourth-order valence-electron chi connectivity index (χ4n) is 4.41. The summed E-state index contributed by atoms with van der Waals surface area (Å²) in [5, 5.41) is 8.33. The third kappa shape index (κ3) is 3.98. The maximum Gasteiger partial charge on any atom is 0.256 e. The van der Waals surface area contributed by atoms with Gasteiger partial charge in [0.05, 0.1) is 22.9 Å². The van der Waals surface area contributed by atoms with Gasteiger partial charge >= 0.3 is 0 Å². The molecule has 0 radical (unpaired) electrons. The fourth-order valence-corrected chi connectivity index (χ4v) is 4.41. The van der Waals surface area contributed by atoms with Crippen LogP contribution in [-0.2, 0) is 7.05 Å². The van der Waals surface area contributed by atoms with Crippen molar-refractivity contribution in [3.63, 3.8) is 0 Å². The average Bonchev–Trinajstić information content (AvgIpc) is 3.44. The predicted molar refractivity (Wildman–Crippen MR) is 130 cm³/mol. The third-order valence-electron chi connectivity index (χ3n) is 6.31. The molecule has 5 rings (SSSR count). The number of nitrogens with zero attached hydrogens (tertiary/aromatic N) is 5. The van der Waals surface area contributed by atoms with E-state index in [4.69, 9.17) is 9.40 Å². The van der Waals surface area contributed by atoms with Gasteiger partial charge in [-0.3, -0.25) is 9.48 Å². The lowest BCUT2D eigenvalue weighted by atomic mass is 10.1. The monoisotopic (exact) mass is 444 g/mol. The summed E-state index contributed by atoms with van der Waals surface area (Å²) in [6.07, 6.45) is 1.60. The third-order valence-corrected chi connectivity index (χ3v) is 6.31. The molecule has 1 amide bonds. The van der Waals surface area contributed by atoms with Gasteiger partial charge in [0.2, 0.25) is 0 Å². The Morgan fingerprint density at radius 3 is 2.55 bits per heavy atom. The second-order valence-electron chi connectivity index (χ2n) is 8.68. The minimum Gasteiger partial charge on any atom is -0.463 e. The van der Waals surface area contributed by atoms with E-state index in [9.17, 15) is 4.79 Å². The highest BCUT2D eigenvalue weighted by atomic mass is 16.3. The topological polar surface area (TPSA) is 79.4 Å². The van der Waals surface area contributed by atoms with Crippen molar-refractivity contribution in [2.45, 2.75) is 13.8 Å². The number of anilines is 2. The van der Waals surface area contributed by atoms with Gasteiger partial charge in [-0.2, -0.15) is 5.10 Å². The van der Waals surface area contributed by atoms with E-state index in [0.717, 1.165) is 48.5 Å². The number of furan rings is 1. The molecule has 33 heavy (non-hydrogen) atoms. The number of piperazine rings is 1. The Bertz CT molecular complexity index is 1320. The predicted octanol–water partition coefficient (Wildman–Crippen LogP) is 3.85. The van der Waals surface area contributed by atoms with Crippen LogP contribution in [0.4, 0.5) is 11.4 Å². The summed E-state index contributed by atoms with van der Waals surface area (Å²) in [7, 11) is 3.98. The number of benzene rings is 1. The largest absolute Gasteiger partial charge is 0.463 e. The molecule has 0 atom stereocenters. The highest BCUT2D eigenvalue weighted by Gasteiger charge is 2.21. The minimum absolute atomic E-state index is 0.193. The van der Waals surface area contributed by atoms with Crippen LogP contribution in [0.3, 0.4) is 0 Å². The van der Waals surface area contributed by atoms with Gasteiger partial charge in [0.1, 0.15) is 5.69 Å². The van der Waals surface area contributed by atoms with Crippen LogP contribution in [0.5, 0.6) is 0 Å². The molecule has 1 fully saturated rings. The fraction of sp³-hybridized carbons (Fsp3) is 0.320. The highest BCUT2D eigenvalue weighted by molar-refractivity contribution is 6.13. The van der Waals surface area contributed by atoms with Gasteiger partial charge in [-0.1, -0.05) is 0 Å². The molecule has 3 aromatic heterocycles. The molecule has 4 heterocycles. The molecule has 4 aromatic rings. The van der Waals surface area contributed by atoms with E-state index in [1.807, 2.05) is 33.0 Å². The van der Waals surface area contributed by atoms with E-state index in [0.29, 0.717) is 22.7 Å². The van der Waals surface area contributed by atoms with Crippen molar-refractivity contribution in [1.29, 1.82) is 0 Å². The van der Waals surface area contributed by atoms with E-state index in [-0.39, 0.29) is 5.91 Å². The number of carbonyl (C=O) groups excluding carboxylic acids is 1. The van der Waals surface area contributed by atoms with E-state index < -0.39 is 0 Å². The lowest BCUT2D eigenvalue weighted by Gasteiger charge is -2.34. The first-order valence-electron chi connectivity index (χ1n) is 11.1. The smallest absolute Gasteiger partial charge is 0.256 e. The molecule has 170 valence electrons. The first-order valence-corrected chi connectivity index (χ1v) is 11.1. The summed E-state index contributed by atoms with van der Waals surface area (Å²) < 4.78 is 7.23. The van der Waals surface area contributed by atoms with Crippen LogP contribution in [0, 0.1) is 13.8 Å². The Morgan fingerprint density at radius 1 is 1.06 bits per heavy atom. The van der Waals surface area contributed by atoms with Gasteiger partial charge in [-0.05, 0) is 62.9 Å². The number of carbonyl (C=O) groups is 1. The van der Waals surface area contributed by atoms with Crippen LogP contribution in [0.25, 0.3) is 22.5 Å². The van der Waals surface area contributed by atoms with Gasteiger partial charge in [0.25, 0.3) is 5.91 Å². The Labute approximate surface area is 192 Å². The minimum atomic E-state index is -0.193. The van der Waals surface area contributed by atoms with Crippen molar-refractivity contribution < 1.29 is 9.21 Å². The number of aryl methyl sites for hydroxylation is 3. The molecule has 1 aliphatic rings. The van der Waals surface area contributed by atoms with Crippen molar-refractivity contribution in [1.82, 2.24) is 19.7 Å².